The summed E-state index contributed by atoms with van der Waals surface area (Å²) < 4.78 is 7.19. The van der Waals surface area contributed by atoms with Crippen molar-refractivity contribution in [2.75, 3.05) is 9.80 Å². The summed E-state index contributed by atoms with van der Waals surface area (Å²) in [6.07, 6.45) is 5.85. The fourth-order valence-electron chi connectivity index (χ4n) is 14.3. The lowest BCUT2D eigenvalue weighted by molar-refractivity contribution is 0.332. The number of anilines is 6. The summed E-state index contributed by atoms with van der Waals surface area (Å²) >= 11 is 0. The average Bonchev–Trinajstić information content (AvgIpc) is 3.72. The molecule has 12 rings (SSSR count). The summed E-state index contributed by atoms with van der Waals surface area (Å²) in [6.45, 7) is 38.9. The van der Waals surface area contributed by atoms with Gasteiger partial charge >= 0.3 is 0 Å². The zero-order valence-electron chi connectivity index (χ0n) is 44.1. The highest BCUT2D eigenvalue weighted by Crippen LogP contribution is 2.56. The van der Waals surface area contributed by atoms with Crippen molar-refractivity contribution in [3.05, 3.63) is 136 Å². The van der Waals surface area contributed by atoms with Gasteiger partial charge in [-0.25, -0.2) is 0 Å². The van der Waals surface area contributed by atoms with Crippen LogP contribution in [0.25, 0.3) is 21.9 Å². The van der Waals surface area contributed by atoms with Gasteiger partial charge in [0.25, 0.3) is 6.71 Å². The number of aryl methyl sites for hydroxylation is 1. The molecule has 0 saturated heterocycles. The molecule has 0 atom stereocenters. The third-order valence-corrected chi connectivity index (χ3v) is 18.3. The summed E-state index contributed by atoms with van der Waals surface area (Å²) in [6, 6.07) is 36.9. The molecule has 0 amide bonds. The summed E-state index contributed by atoms with van der Waals surface area (Å²) in [4.78, 5) is 5.33. The molecule has 0 bridgehead atoms. The Bertz CT molecular complexity index is 3340. The van der Waals surface area contributed by atoms with Crippen LogP contribution in [0.3, 0.4) is 0 Å². The molecule has 3 heterocycles. The van der Waals surface area contributed by atoms with Gasteiger partial charge in [0.1, 0.15) is 5.58 Å². The van der Waals surface area contributed by atoms with Crippen LogP contribution in [0.1, 0.15) is 180 Å². The molecule has 6 aromatic carbocycles. The Hall–Kier alpha value is -5.22. The van der Waals surface area contributed by atoms with Gasteiger partial charge in [-0.05, 0) is 186 Å². The molecule has 0 N–H and O–H groups in total. The van der Waals surface area contributed by atoms with Crippen LogP contribution in [0.2, 0.25) is 0 Å². The highest BCUT2D eigenvalue weighted by atomic mass is 16.3. The fraction of sp³-hybridized carbons (Fsp3) is 0.438. The molecule has 0 spiro atoms. The Labute approximate surface area is 407 Å². The normalized spacial score (nSPS) is 20.7. The molecular weight excluding hydrogens is 824 g/mol. The standard InChI is InChI=1S/C64H73BN2O/c1-37-28-53-56-54(29-37)67(50-19-17-18-41-40-22-20-38(58(2,3)4)30-55(40)68-57(41)50)52-35-47-45(63(13,14)36-64(47,15)16)33-49(52)65(56)48-32-44-46(62(11,12)27-26-61(44,9)10)34-51(48)66(53)39-21-23-42-43(31-39)60(7,8)25-24-59(42,5)6/h17-23,28-35H,24-27,36H2,1-16H3. The summed E-state index contributed by atoms with van der Waals surface area (Å²) in [7, 11) is 0. The summed E-state index contributed by atoms with van der Waals surface area (Å²) in [5.74, 6) is 0. The van der Waals surface area contributed by atoms with Crippen LogP contribution < -0.4 is 26.2 Å². The predicted octanol–water partition coefficient (Wildman–Crippen LogP) is 15.9. The second-order valence-corrected chi connectivity index (χ2v) is 27.2. The van der Waals surface area contributed by atoms with E-state index in [0.29, 0.717) is 0 Å². The number of furan rings is 1. The second kappa shape index (κ2) is 13.6. The number of para-hydroxylation sites is 1. The topological polar surface area (TPSA) is 19.6 Å². The predicted molar refractivity (Wildman–Crippen MR) is 292 cm³/mol. The zero-order valence-corrected chi connectivity index (χ0v) is 44.1. The van der Waals surface area contributed by atoms with E-state index in [1.54, 1.807) is 0 Å². The molecule has 4 heteroatoms. The summed E-state index contributed by atoms with van der Waals surface area (Å²) in [5, 5.41) is 2.33. The van der Waals surface area contributed by atoms with E-state index in [4.69, 9.17) is 4.42 Å². The molecule has 3 aliphatic carbocycles. The van der Waals surface area contributed by atoms with E-state index in [0.717, 1.165) is 28.7 Å². The van der Waals surface area contributed by atoms with Crippen molar-refractivity contribution in [2.45, 2.75) is 181 Å². The first-order valence-electron chi connectivity index (χ1n) is 25.9. The second-order valence-electron chi connectivity index (χ2n) is 27.2. The Balaban J connectivity index is 1.21. The first-order valence-corrected chi connectivity index (χ1v) is 25.9. The minimum absolute atomic E-state index is 0.00872. The lowest BCUT2D eigenvalue weighted by atomic mass is 9.33. The number of benzene rings is 6. The molecule has 0 radical (unpaired) electrons. The largest absolute Gasteiger partial charge is 0.454 e. The molecule has 3 nitrogen and oxygen atoms in total. The molecule has 0 fully saturated rings. The van der Waals surface area contributed by atoms with Gasteiger partial charge in [0.15, 0.2) is 5.58 Å². The maximum Gasteiger partial charge on any atom is 0.252 e. The fourth-order valence-corrected chi connectivity index (χ4v) is 14.3. The Morgan fingerprint density at radius 1 is 0.471 bits per heavy atom. The van der Waals surface area contributed by atoms with Gasteiger partial charge in [-0.1, -0.05) is 146 Å². The maximum atomic E-state index is 7.19. The molecule has 2 aliphatic heterocycles. The van der Waals surface area contributed by atoms with Crippen molar-refractivity contribution in [3.63, 3.8) is 0 Å². The molecule has 0 saturated carbocycles. The van der Waals surface area contributed by atoms with Gasteiger partial charge in [0, 0.05) is 39.2 Å². The Morgan fingerprint density at radius 2 is 0.985 bits per heavy atom. The Kier molecular flexibility index (Phi) is 8.77. The van der Waals surface area contributed by atoms with Crippen molar-refractivity contribution >= 4 is 79.2 Å². The van der Waals surface area contributed by atoms with Gasteiger partial charge in [0.05, 0.1) is 5.69 Å². The number of hydrogen-bond donors (Lipinski definition) is 0. The maximum absolute atomic E-state index is 7.19. The van der Waals surface area contributed by atoms with Crippen molar-refractivity contribution in [2.24, 2.45) is 0 Å². The lowest BCUT2D eigenvalue weighted by Gasteiger charge is -2.48. The molecule has 348 valence electrons. The van der Waals surface area contributed by atoms with E-state index < -0.39 is 0 Å². The molecule has 5 aliphatic rings. The third kappa shape index (κ3) is 6.10. The molecule has 0 unspecified atom stereocenters. The molecule has 1 aromatic heterocycles. The van der Waals surface area contributed by atoms with Crippen molar-refractivity contribution in [1.82, 2.24) is 0 Å². The highest BCUT2D eigenvalue weighted by molar-refractivity contribution is 7.00. The Morgan fingerprint density at radius 3 is 1.59 bits per heavy atom. The number of hydrogen-bond acceptors (Lipinski definition) is 3. The lowest BCUT2D eigenvalue weighted by Crippen LogP contribution is -2.62. The zero-order chi connectivity index (χ0) is 48.2. The minimum atomic E-state index is 0.00872. The SMILES string of the molecule is Cc1cc2c3c(c1)N(c1cccc4c1oc1cc(C(C)(C)C)ccc14)c1cc4c(cc1B3c1cc3c(cc1N2c1ccc2c(c1)C(C)(C)CCC2(C)C)C(C)(C)CCC3(C)C)C(C)(C)CC4(C)C. The molecular formula is C64H73BN2O. The number of rotatable bonds is 2. The van der Waals surface area contributed by atoms with Crippen molar-refractivity contribution in [3.8, 4) is 0 Å². The van der Waals surface area contributed by atoms with E-state index in [1.807, 2.05) is 0 Å². The van der Waals surface area contributed by atoms with Crippen molar-refractivity contribution < 1.29 is 4.42 Å². The van der Waals surface area contributed by atoms with Crippen LogP contribution in [-0.2, 0) is 37.9 Å². The van der Waals surface area contributed by atoms with E-state index in [9.17, 15) is 0 Å². The van der Waals surface area contributed by atoms with E-state index in [2.05, 4.69) is 212 Å². The smallest absolute Gasteiger partial charge is 0.252 e. The average molecular weight is 897 g/mol. The van der Waals surface area contributed by atoms with Crippen LogP contribution in [0, 0.1) is 6.92 Å². The van der Waals surface area contributed by atoms with Gasteiger partial charge in [-0.3, -0.25) is 0 Å². The third-order valence-electron chi connectivity index (χ3n) is 18.3. The van der Waals surface area contributed by atoms with Gasteiger partial charge in [-0.2, -0.15) is 0 Å². The first-order chi connectivity index (χ1) is 31.7. The molecule has 68 heavy (non-hydrogen) atoms. The van der Waals surface area contributed by atoms with Crippen LogP contribution in [-0.4, -0.2) is 6.71 Å². The van der Waals surface area contributed by atoms with Gasteiger partial charge < -0.3 is 14.2 Å². The monoisotopic (exact) mass is 897 g/mol. The van der Waals surface area contributed by atoms with Gasteiger partial charge in [0.2, 0.25) is 0 Å². The van der Waals surface area contributed by atoms with Crippen molar-refractivity contribution in [1.29, 1.82) is 0 Å². The van der Waals surface area contributed by atoms with E-state index in [1.165, 1.54) is 120 Å². The number of fused-ring (bicyclic) bond motifs is 10. The quantitative estimate of drug-likeness (QED) is 0.161. The van der Waals surface area contributed by atoms with Crippen LogP contribution in [0.4, 0.5) is 34.1 Å². The summed E-state index contributed by atoms with van der Waals surface area (Å²) in [5.41, 5.74) is 25.6. The van der Waals surface area contributed by atoms with Gasteiger partial charge in [-0.15, -0.1) is 0 Å². The first kappa shape index (κ1) is 44.0. The van der Waals surface area contributed by atoms with Crippen LogP contribution in [0.5, 0.6) is 0 Å². The van der Waals surface area contributed by atoms with Crippen LogP contribution in [0.15, 0.2) is 95.4 Å². The van der Waals surface area contributed by atoms with E-state index in [-0.39, 0.29) is 44.6 Å². The number of nitrogens with zero attached hydrogens (tertiary/aromatic N) is 2. The van der Waals surface area contributed by atoms with E-state index >= 15 is 0 Å². The minimum Gasteiger partial charge on any atom is -0.454 e. The highest BCUT2D eigenvalue weighted by Gasteiger charge is 2.50. The molecule has 7 aromatic rings. The van der Waals surface area contributed by atoms with Crippen LogP contribution >= 0.6 is 0 Å².